The summed E-state index contributed by atoms with van der Waals surface area (Å²) in [6, 6.07) is 4.02. The largest absolute Gasteiger partial charge is 0.390 e. The first-order valence-corrected chi connectivity index (χ1v) is 7.31. The van der Waals surface area contributed by atoms with Gasteiger partial charge in [0.2, 0.25) is 0 Å². The lowest BCUT2D eigenvalue weighted by atomic mass is 9.90. The van der Waals surface area contributed by atoms with Crippen LogP contribution in [-0.2, 0) is 0 Å². The summed E-state index contributed by atoms with van der Waals surface area (Å²) in [6.07, 6.45) is 4.54. The zero-order valence-electron chi connectivity index (χ0n) is 12.8. The molecule has 0 spiro atoms. The summed E-state index contributed by atoms with van der Waals surface area (Å²) >= 11 is 0. The summed E-state index contributed by atoms with van der Waals surface area (Å²) in [5.41, 5.74) is 0.723. The highest BCUT2D eigenvalue weighted by Gasteiger charge is 2.32. The van der Waals surface area contributed by atoms with Gasteiger partial charge < -0.3 is 5.11 Å². The molecule has 0 radical (unpaired) electrons. The van der Waals surface area contributed by atoms with Crippen LogP contribution in [0.4, 0.5) is 8.78 Å². The van der Waals surface area contributed by atoms with Crippen LogP contribution < -0.4 is 0 Å². The maximum Gasteiger partial charge on any atom is 0.137 e. The van der Waals surface area contributed by atoms with Crippen molar-refractivity contribution in [3.05, 3.63) is 72.3 Å². The van der Waals surface area contributed by atoms with Gasteiger partial charge in [0.15, 0.2) is 0 Å². The van der Waals surface area contributed by atoms with Crippen molar-refractivity contribution in [3.63, 3.8) is 0 Å². The normalized spacial score (nSPS) is 15.0. The average Bonchev–Trinajstić information content (AvgIpc) is 3.11. The summed E-state index contributed by atoms with van der Waals surface area (Å²) in [6.45, 7) is 1.76. The van der Waals surface area contributed by atoms with E-state index in [0.717, 1.165) is 12.1 Å². The van der Waals surface area contributed by atoms with E-state index in [1.54, 1.807) is 19.2 Å². The van der Waals surface area contributed by atoms with Gasteiger partial charge in [0.25, 0.3) is 0 Å². The molecule has 1 N–H and O–H groups in total. The fourth-order valence-electron chi connectivity index (χ4n) is 2.60. The van der Waals surface area contributed by atoms with Crippen LogP contribution in [-0.4, -0.2) is 35.9 Å². The van der Waals surface area contributed by atoms with Gasteiger partial charge in [-0.15, -0.1) is 0 Å². The van der Waals surface area contributed by atoms with E-state index in [-0.39, 0.29) is 5.56 Å². The van der Waals surface area contributed by atoms with Gasteiger partial charge in [0, 0.05) is 29.4 Å². The molecule has 124 valence electrons. The minimum absolute atomic E-state index is 0.121. The van der Waals surface area contributed by atoms with Crippen molar-refractivity contribution < 1.29 is 13.9 Å². The third-order valence-electron chi connectivity index (χ3n) is 3.91. The number of benzene rings is 1. The van der Waals surface area contributed by atoms with Gasteiger partial charge in [0.1, 0.15) is 36.7 Å². The van der Waals surface area contributed by atoms with Crippen molar-refractivity contribution in [1.82, 2.24) is 24.7 Å². The predicted molar refractivity (Wildman–Crippen MR) is 81.0 cm³/mol. The van der Waals surface area contributed by atoms with Gasteiger partial charge in [0.05, 0.1) is 6.10 Å². The third-order valence-corrected chi connectivity index (χ3v) is 3.91. The molecule has 0 saturated heterocycles. The van der Waals surface area contributed by atoms with Crippen LogP contribution in [0.2, 0.25) is 0 Å². The summed E-state index contributed by atoms with van der Waals surface area (Å²) in [5, 5.41) is 14.8. The lowest BCUT2D eigenvalue weighted by molar-refractivity contribution is 0.0983. The van der Waals surface area contributed by atoms with Crippen molar-refractivity contribution >= 4 is 0 Å². The van der Waals surface area contributed by atoms with E-state index in [1.165, 1.54) is 29.7 Å². The molecule has 0 saturated carbocycles. The molecule has 8 heteroatoms. The summed E-state index contributed by atoms with van der Waals surface area (Å²) in [4.78, 5) is 11.8. The first-order chi connectivity index (χ1) is 11.6. The van der Waals surface area contributed by atoms with E-state index in [9.17, 15) is 13.9 Å². The van der Waals surface area contributed by atoms with Crippen LogP contribution in [0.5, 0.6) is 0 Å². The Morgan fingerprint density at radius 2 is 1.96 bits per heavy atom. The Morgan fingerprint density at radius 3 is 2.58 bits per heavy atom. The van der Waals surface area contributed by atoms with Crippen LogP contribution in [0.3, 0.4) is 0 Å². The summed E-state index contributed by atoms with van der Waals surface area (Å²) in [7, 11) is 0. The molecule has 24 heavy (non-hydrogen) atoms. The molecule has 3 rings (SSSR count). The van der Waals surface area contributed by atoms with Gasteiger partial charge in [-0.05, 0) is 12.1 Å². The van der Waals surface area contributed by atoms with Crippen LogP contribution in [0.25, 0.3) is 0 Å². The van der Waals surface area contributed by atoms with Crippen LogP contribution >= 0.6 is 0 Å². The Morgan fingerprint density at radius 1 is 1.12 bits per heavy atom. The number of hydrogen-bond donors (Lipinski definition) is 1. The van der Waals surface area contributed by atoms with Gasteiger partial charge in [-0.1, -0.05) is 13.0 Å². The van der Waals surface area contributed by atoms with Gasteiger partial charge in [-0.3, -0.25) is 0 Å². The topological polar surface area (TPSA) is 76.7 Å². The number of nitrogens with zero attached hydrogens (tertiary/aromatic N) is 5. The zero-order valence-corrected chi connectivity index (χ0v) is 12.8. The molecule has 3 atom stereocenters. The molecule has 3 aromatic rings. The molecule has 6 nitrogen and oxygen atoms in total. The number of aromatic nitrogens is 5. The van der Waals surface area contributed by atoms with E-state index in [2.05, 4.69) is 20.1 Å². The van der Waals surface area contributed by atoms with Gasteiger partial charge in [-0.25, -0.2) is 28.4 Å². The Balaban J connectivity index is 2.02. The lowest BCUT2D eigenvalue weighted by Crippen LogP contribution is -2.31. The summed E-state index contributed by atoms with van der Waals surface area (Å²) in [5.74, 6) is -1.89. The second-order valence-electron chi connectivity index (χ2n) is 5.40. The van der Waals surface area contributed by atoms with Crippen LogP contribution in [0.1, 0.15) is 30.1 Å². The first-order valence-electron chi connectivity index (χ1n) is 7.31. The van der Waals surface area contributed by atoms with E-state index in [4.69, 9.17) is 0 Å². The molecule has 0 fully saturated rings. The van der Waals surface area contributed by atoms with E-state index >= 15 is 0 Å². The van der Waals surface area contributed by atoms with E-state index in [1.807, 2.05) is 0 Å². The van der Waals surface area contributed by atoms with E-state index < -0.39 is 29.7 Å². The number of halogens is 2. The highest BCUT2D eigenvalue weighted by Crippen LogP contribution is 2.31. The third kappa shape index (κ3) is 3.13. The van der Waals surface area contributed by atoms with Gasteiger partial charge in [-0.2, -0.15) is 5.10 Å². The maximum absolute atomic E-state index is 14.3. The van der Waals surface area contributed by atoms with Crippen molar-refractivity contribution in [2.75, 3.05) is 0 Å². The number of aliphatic hydroxyl groups excluding tert-OH is 1. The van der Waals surface area contributed by atoms with Gasteiger partial charge >= 0.3 is 0 Å². The smallest absolute Gasteiger partial charge is 0.137 e. The quantitative estimate of drug-likeness (QED) is 0.775. The molecule has 0 aliphatic heterocycles. The van der Waals surface area contributed by atoms with Crippen molar-refractivity contribution in [2.45, 2.75) is 25.0 Å². The van der Waals surface area contributed by atoms with Crippen molar-refractivity contribution in [3.8, 4) is 0 Å². The standard InChI is InChI=1S/C16H15F2N5O/c1-10(14-4-5-19-7-21-14)16(24)15(23-9-20-8-22-23)12-3-2-11(17)6-13(12)18/h2-10,15-16,24H,1H3/t10-,15?,16+/m0/s1. The monoisotopic (exact) mass is 331 g/mol. The van der Waals surface area contributed by atoms with Crippen LogP contribution in [0, 0.1) is 11.6 Å². The Bertz CT molecular complexity index is 797. The minimum Gasteiger partial charge on any atom is -0.390 e. The minimum atomic E-state index is -1.07. The molecule has 1 unspecified atom stereocenters. The van der Waals surface area contributed by atoms with Crippen molar-refractivity contribution in [2.24, 2.45) is 0 Å². The number of hydrogen-bond acceptors (Lipinski definition) is 5. The SMILES string of the molecule is C[C@@H](c1ccncn1)[C@@H](O)C(c1ccc(F)cc1F)n1cncn1. The fraction of sp³-hybridized carbons (Fsp3) is 0.250. The van der Waals surface area contributed by atoms with E-state index in [0.29, 0.717) is 5.69 Å². The summed E-state index contributed by atoms with van der Waals surface area (Å²) < 4.78 is 28.9. The molecule has 0 aliphatic rings. The Hall–Kier alpha value is -2.74. The molecule has 2 heterocycles. The fourth-order valence-corrected chi connectivity index (χ4v) is 2.60. The number of aliphatic hydroxyl groups is 1. The molecule has 2 aromatic heterocycles. The molecule has 0 amide bonds. The average molecular weight is 331 g/mol. The molecular formula is C16H15F2N5O. The predicted octanol–water partition coefficient (Wildman–Crippen LogP) is 2.10. The Labute approximate surface area is 136 Å². The van der Waals surface area contributed by atoms with Crippen LogP contribution in [0.15, 0.2) is 49.4 Å². The zero-order chi connectivity index (χ0) is 17.1. The first kappa shape index (κ1) is 16.1. The lowest BCUT2D eigenvalue weighted by Gasteiger charge is -2.28. The highest BCUT2D eigenvalue weighted by atomic mass is 19.1. The van der Waals surface area contributed by atoms with Crippen molar-refractivity contribution in [1.29, 1.82) is 0 Å². The number of rotatable bonds is 5. The second-order valence-corrected chi connectivity index (χ2v) is 5.40. The highest BCUT2D eigenvalue weighted by molar-refractivity contribution is 5.25. The molecule has 0 bridgehead atoms. The molecular weight excluding hydrogens is 316 g/mol. The maximum atomic E-state index is 14.3. The molecule has 1 aromatic carbocycles. The Kier molecular flexibility index (Phi) is 4.57. The molecule has 0 aliphatic carbocycles. The second kappa shape index (κ2) is 6.79.